The number of aliphatic carboxylic acids is 1. The van der Waals surface area contributed by atoms with E-state index in [-0.39, 0.29) is 0 Å². The molecule has 0 saturated heterocycles. The summed E-state index contributed by atoms with van der Waals surface area (Å²) < 4.78 is 0. The lowest BCUT2D eigenvalue weighted by Gasteiger charge is -2.27. The van der Waals surface area contributed by atoms with E-state index in [1.165, 1.54) is 6.42 Å². The third-order valence-electron chi connectivity index (χ3n) is 3.70. The van der Waals surface area contributed by atoms with E-state index in [4.69, 9.17) is 5.11 Å². The van der Waals surface area contributed by atoms with Gasteiger partial charge in [0.25, 0.3) is 0 Å². The third-order valence-corrected chi connectivity index (χ3v) is 3.70. The first kappa shape index (κ1) is 16.4. The molecule has 3 nitrogen and oxygen atoms in total. The molecule has 0 saturated carbocycles. The molecule has 0 aromatic carbocycles. The lowest BCUT2D eigenvalue weighted by Crippen LogP contribution is -2.33. The molecular weight excluding hydrogens is 214 g/mol. The van der Waals surface area contributed by atoms with Crippen molar-refractivity contribution in [2.45, 2.75) is 66.3 Å². The van der Waals surface area contributed by atoms with Gasteiger partial charge in [0.15, 0.2) is 0 Å². The lowest BCUT2D eigenvalue weighted by atomic mass is 9.87. The average Bonchev–Trinajstić information content (AvgIpc) is 2.28. The standard InChI is InChI=1S/C14H29NO2/c1-6-12(3)15(7-2)11-9-8-10-14(4,5)13(16)17/h12H,6-11H2,1-5H3,(H,16,17). The molecule has 0 aliphatic carbocycles. The minimum absolute atomic E-state index is 0.576. The Balaban J connectivity index is 3.87. The second-order valence-electron chi connectivity index (χ2n) is 5.53. The Hall–Kier alpha value is -0.570. The average molecular weight is 243 g/mol. The summed E-state index contributed by atoms with van der Waals surface area (Å²) >= 11 is 0. The van der Waals surface area contributed by atoms with Crippen molar-refractivity contribution in [3.05, 3.63) is 0 Å². The van der Waals surface area contributed by atoms with Crippen molar-refractivity contribution >= 4 is 5.97 Å². The molecule has 1 atom stereocenters. The molecule has 1 unspecified atom stereocenters. The highest BCUT2D eigenvalue weighted by Crippen LogP contribution is 2.23. The van der Waals surface area contributed by atoms with Crippen LogP contribution >= 0.6 is 0 Å². The van der Waals surface area contributed by atoms with E-state index in [1.54, 1.807) is 0 Å². The van der Waals surface area contributed by atoms with Gasteiger partial charge >= 0.3 is 5.97 Å². The molecule has 0 rings (SSSR count). The topological polar surface area (TPSA) is 40.5 Å². The van der Waals surface area contributed by atoms with Crippen molar-refractivity contribution in [1.82, 2.24) is 4.90 Å². The van der Waals surface area contributed by atoms with Crippen molar-refractivity contribution < 1.29 is 9.90 Å². The number of carboxylic acids is 1. The third kappa shape index (κ3) is 6.06. The fraction of sp³-hybridized carbons (Fsp3) is 0.929. The van der Waals surface area contributed by atoms with E-state index in [0.717, 1.165) is 32.4 Å². The van der Waals surface area contributed by atoms with Gasteiger partial charge in [0, 0.05) is 6.04 Å². The van der Waals surface area contributed by atoms with Gasteiger partial charge < -0.3 is 10.0 Å². The maximum absolute atomic E-state index is 10.9. The summed E-state index contributed by atoms with van der Waals surface area (Å²) in [7, 11) is 0. The van der Waals surface area contributed by atoms with Crippen LogP contribution in [0.5, 0.6) is 0 Å². The zero-order valence-electron chi connectivity index (χ0n) is 12.1. The smallest absolute Gasteiger partial charge is 0.309 e. The largest absolute Gasteiger partial charge is 0.481 e. The Morgan fingerprint density at radius 2 is 1.88 bits per heavy atom. The second-order valence-corrected chi connectivity index (χ2v) is 5.53. The van der Waals surface area contributed by atoms with Crippen LogP contribution in [0.4, 0.5) is 0 Å². The predicted molar refractivity (Wildman–Crippen MR) is 72.3 cm³/mol. The number of unbranched alkanes of at least 4 members (excludes halogenated alkanes) is 1. The van der Waals surface area contributed by atoms with Crippen LogP contribution < -0.4 is 0 Å². The lowest BCUT2D eigenvalue weighted by molar-refractivity contribution is -0.147. The first-order valence-corrected chi connectivity index (χ1v) is 6.82. The van der Waals surface area contributed by atoms with Crippen molar-refractivity contribution in [1.29, 1.82) is 0 Å². The molecule has 0 radical (unpaired) electrons. The number of nitrogens with zero attached hydrogens (tertiary/aromatic N) is 1. The Labute approximate surface area is 106 Å². The maximum atomic E-state index is 10.9. The molecule has 0 aliphatic heterocycles. The van der Waals surface area contributed by atoms with E-state index in [2.05, 4.69) is 25.7 Å². The number of rotatable bonds is 9. The molecule has 0 heterocycles. The molecule has 17 heavy (non-hydrogen) atoms. The van der Waals surface area contributed by atoms with Gasteiger partial charge in [0.2, 0.25) is 0 Å². The van der Waals surface area contributed by atoms with E-state index < -0.39 is 11.4 Å². The van der Waals surface area contributed by atoms with Gasteiger partial charge in [-0.3, -0.25) is 4.79 Å². The SMILES string of the molecule is CCC(C)N(CC)CCCCC(C)(C)C(=O)O. The van der Waals surface area contributed by atoms with Crippen LogP contribution in [-0.4, -0.2) is 35.1 Å². The van der Waals surface area contributed by atoms with Crippen LogP contribution in [0, 0.1) is 5.41 Å². The molecule has 0 spiro atoms. The highest BCUT2D eigenvalue weighted by atomic mass is 16.4. The Bertz CT molecular complexity index is 226. The molecule has 3 heteroatoms. The normalized spacial score (nSPS) is 14.0. The summed E-state index contributed by atoms with van der Waals surface area (Å²) in [6.45, 7) is 12.4. The van der Waals surface area contributed by atoms with Gasteiger partial charge in [-0.25, -0.2) is 0 Å². The maximum Gasteiger partial charge on any atom is 0.309 e. The van der Waals surface area contributed by atoms with Gasteiger partial charge in [0.1, 0.15) is 0 Å². The van der Waals surface area contributed by atoms with E-state index in [0.29, 0.717) is 6.04 Å². The van der Waals surface area contributed by atoms with Crippen LogP contribution in [0.1, 0.15) is 60.3 Å². The molecule has 0 amide bonds. The molecule has 102 valence electrons. The summed E-state index contributed by atoms with van der Waals surface area (Å²) in [6, 6.07) is 0.632. The van der Waals surface area contributed by atoms with Gasteiger partial charge in [-0.05, 0) is 53.1 Å². The first-order chi connectivity index (χ1) is 7.85. The van der Waals surface area contributed by atoms with Gasteiger partial charge in [-0.15, -0.1) is 0 Å². The van der Waals surface area contributed by atoms with Crippen LogP contribution in [-0.2, 0) is 4.79 Å². The Kier molecular flexibility index (Phi) is 7.44. The summed E-state index contributed by atoms with van der Waals surface area (Å²) in [6.07, 6.45) is 4.02. The summed E-state index contributed by atoms with van der Waals surface area (Å²) in [5.74, 6) is -0.688. The highest BCUT2D eigenvalue weighted by molar-refractivity contribution is 5.73. The van der Waals surface area contributed by atoms with Crippen LogP contribution in [0.3, 0.4) is 0 Å². The number of carbonyl (C=O) groups is 1. The monoisotopic (exact) mass is 243 g/mol. The molecule has 0 aromatic heterocycles. The minimum atomic E-state index is -0.688. The summed E-state index contributed by atoms with van der Waals surface area (Å²) in [5, 5.41) is 9.01. The minimum Gasteiger partial charge on any atom is -0.481 e. The van der Waals surface area contributed by atoms with Gasteiger partial charge in [-0.1, -0.05) is 20.3 Å². The Morgan fingerprint density at radius 3 is 2.29 bits per heavy atom. The van der Waals surface area contributed by atoms with Crippen LogP contribution in [0.25, 0.3) is 0 Å². The molecule has 1 N–H and O–H groups in total. The molecular formula is C14H29NO2. The molecule has 0 bridgehead atoms. The van der Waals surface area contributed by atoms with Crippen LogP contribution in [0.15, 0.2) is 0 Å². The van der Waals surface area contributed by atoms with E-state index in [9.17, 15) is 4.79 Å². The van der Waals surface area contributed by atoms with Crippen molar-refractivity contribution in [2.24, 2.45) is 5.41 Å². The number of hydrogen-bond donors (Lipinski definition) is 1. The zero-order valence-corrected chi connectivity index (χ0v) is 12.1. The quantitative estimate of drug-likeness (QED) is 0.631. The highest BCUT2D eigenvalue weighted by Gasteiger charge is 2.26. The molecule has 0 fully saturated rings. The number of hydrogen-bond acceptors (Lipinski definition) is 2. The van der Waals surface area contributed by atoms with Crippen molar-refractivity contribution in [2.75, 3.05) is 13.1 Å². The van der Waals surface area contributed by atoms with E-state index in [1.807, 2.05) is 13.8 Å². The Morgan fingerprint density at radius 1 is 1.29 bits per heavy atom. The van der Waals surface area contributed by atoms with Crippen molar-refractivity contribution in [3.8, 4) is 0 Å². The van der Waals surface area contributed by atoms with Gasteiger partial charge in [0.05, 0.1) is 5.41 Å². The van der Waals surface area contributed by atoms with E-state index >= 15 is 0 Å². The first-order valence-electron chi connectivity index (χ1n) is 6.82. The number of carboxylic acid groups (broad SMARTS) is 1. The fourth-order valence-electron chi connectivity index (χ4n) is 1.94. The van der Waals surface area contributed by atoms with Crippen molar-refractivity contribution in [3.63, 3.8) is 0 Å². The summed E-state index contributed by atoms with van der Waals surface area (Å²) in [5.41, 5.74) is -0.576. The fourth-order valence-corrected chi connectivity index (χ4v) is 1.94. The summed E-state index contributed by atoms with van der Waals surface area (Å²) in [4.78, 5) is 13.4. The second kappa shape index (κ2) is 7.70. The molecule has 0 aliphatic rings. The van der Waals surface area contributed by atoms with Gasteiger partial charge in [-0.2, -0.15) is 0 Å². The van der Waals surface area contributed by atoms with Crippen LogP contribution in [0.2, 0.25) is 0 Å². The molecule has 0 aromatic rings. The predicted octanol–water partition coefficient (Wildman–Crippen LogP) is 3.39. The zero-order chi connectivity index (χ0) is 13.5.